The number of amides is 2. The van der Waals surface area contributed by atoms with Crippen molar-refractivity contribution in [3.63, 3.8) is 0 Å². The number of sulfonamides is 1. The molecule has 1 saturated heterocycles. The van der Waals surface area contributed by atoms with Crippen LogP contribution in [0.1, 0.15) is 31.4 Å². The first kappa shape index (κ1) is 15.5. The minimum atomic E-state index is -3.72. The maximum absolute atomic E-state index is 12.0. The minimum absolute atomic E-state index is 0.0211. The Morgan fingerprint density at radius 2 is 2.00 bits per heavy atom. The van der Waals surface area contributed by atoms with Crippen LogP contribution in [0.3, 0.4) is 0 Å². The fraction of sp³-hybridized carbons (Fsp3) is 0.385. The molecule has 1 aromatic rings. The molecule has 2 amide bonds. The second-order valence-corrected chi connectivity index (χ2v) is 6.56. The number of hydrogen-bond acceptors (Lipinski definition) is 4. The second kappa shape index (κ2) is 5.82. The van der Waals surface area contributed by atoms with Crippen molar-refractivity contribution in [3.05, 3.63) is 29.8 Å². The topological polar surface area (TPSA) is 118 Å². The molecule has 4 N–H and O–H groups in total. The molecule has 1 fully saturated rings. The van der Waals surface area contributed by atoms with Crippen LogP contribution in [0.2, 0.25) is 0 Å². The first-order valence-electron chi connectivity index (χ1n) is 6.50. The standard InChI is InChI=1S/C13H17N3O4S/c1-8(15-13(18)11-6-7-12(17)16-11)9-2-4-10(5-3-9)21(14,19)20/h2-5,8,11H,6-7H2,1H3,(H,15,18)(H,16,17)(H2,14,19,20). The van der Waals surface area contributed by atoms with Gasteiger partial charge in [-0.15, -0.1) is 0 Å². The van der Waals surface area contributed by atoms with E-state index in [0.717, 1.165) is 5.56 Å². The molecule has 0 aliphatic carbocycles. The molecule has 21 heavy (non-hydrogen) atoms. The van der Waals surface area contributed by atoms with Crippen LogP contribution < -0.4 is 15.8 Å². The van der Waals surface area contributed by atoms with E-state index in [-0.39, 0.29) is 22.8 Å². The number of benzene rings is 1. The number of nitrogens with one attached hydrogen (secondary N) is 2. The fourth-order valence-corrected chi connectivity index (χ4v) is 2.67. The molecule has 1 aliphatic rings. The highest BCUT2D eigenvalue weighted by Gasteiger charge is 2.27. The molecule has 0 radical (unpaired) electrons. The first-order valence-corrected chi connectivity index (χ1v) is 8.04. The van der Waals surface area contributed by atoms with Crippen molar-refractivity contribution in [2.45, 2.75) is 36.7 Å². The predicted octanol–water partition coefficient (Wildman–Crippen LogP) is -0.210. The van der Waals surface area contributed by atoms with Crippen molar-refractivity contribution in [1.82, 2.24) is 10.6 Å². The van der Waals surface area contributed by atoms with Gasteiger partial charge < -0.3 is 10.6 Å². The number of rotatable bonds is 4. The van der Waals surface area contributed by atoms with E-state index in [1.54, 1.807) is 19.1 Å². The quantitative estimate of drug-likeness (QED) is 0.713. The Balaban J connectivity index is 2.01. The first-order chi connectivity index (χ1) is 9.77. The van der Waals surface area contributed by atoms with Crippen molar-refractivity contribution < 1.29 is 18.0 Å². The van der Waals surface area contributed by atoms with E-state index in [9.17, 15) is 18.0 Å². The fourth-order valence-electron chi connectivity index (χ4n) is 2.15. The van der Waals surface area contributed by atoms with Crippen LogP contribution in [0.5, 0.6) is 0 Å². The molecule has 2 unspecified atom stereocenters. The molecular weight excluding hydrogens is 294 g/mol. The van der Waals surface area contributed by atoms with E-state index in [1.807, 2.05) is 0 Å². The molecule has 7 nitrogen and oxygen atoms in total. The Labute approximate surface area is 123 Å². The van der Waals surface area contributed by atoms with E-state index in [1.165, 1.54) is 12.1 Å². The molecule has 1 heterocycles. The van der Waals surface area contributed by atoms with Gasteiger partial charge in [0.2, 0.25) is 21.8 Å². The molecule has 1 aromatic carbocycles. The van der Waals surface area contributed by atoms with Gasteiger partial charge in [0.05, 0.1) is 10.9 Å². The monoisotopic (exact) mass is 311 g/mol. The summed E-state index contributed by atoms with van der Waals surface area (Å²) in [4.78, 5) is 23.1. The SMILES string of the molecule is CC(NC(=O)C1CCC(=O)N1)c1ccc(S(N)(=O)=O)cc1. The van der Waals surface area contributed by atoms with Crippen LogP contribution in [0.4, 0.5) is 0 Å². The van der Waals surface area contributed by atoms with Gasteiger partial charge >= 0.3 is 0 Å². The minimum Gasteiger partial charge on any atom is -0.348 e. The molecule has 0 spiro atoms. The molecule has 114 valence electrons. The summed E-state index contributed by atoms with van der Waals surface area (Å²) in [5, 5.41) is 10.4. The summed E-state index contributed by atoms with van der Waals surface area (Å²) in [5.41, 5.74) is 0.750. The van der Waals surface area contributed by atoms with E-state index in [2.05, 4.69) is 10.6 Å². The van der Waals surface area contributed by atoms with Crippen molar-refractivity contribution in [1.29, 1.82) is 0 Å². The Kier molecular flexibility index (Phi) is 4.29. The smallest absolute Gasteiger partial charge is 0.243 e. The summed E-state index contributed by atoms with van der Waals surface area (Å²) in [5.74, 6) is -0.371. The average Bonchev–Trinajstić information content (AvgIpc) is 2.84. The van der Waals surface area contributed by atoms with E-state index in [0.29, 0.717) is 12.8 Å². The number of hydrogen-bond donors (Lipinski definition) is 3. The molecule has 0 bridgehead atoms. The lowest BCUT2D eigenvalue weighted by Gasteiger charge is -2.17. The summed E-state index contributed by atoms with van der Waals surface area (Å²) >= 11 is 0. The van der Waals surface area contributed by atoms with Gasteiger partial charge in [0.1, 0.15) is 6.04 Å². The van der Waals surface area contributed by atoms with E-state index < -0.39 is 16.1 Å². The Hall–Kier alpha value is -1.93. The second-order valence-electron chi connectivity index (χ2n) is 5.00. The lowest BCUT2D eigenvalue weighted by atomic mass is 10.1. The van der Waals surface area contributed by atoms with Crippen molar-refractivity contribution >= 4 is 21.8 Å². The molecule has 1 aliphatic heterocycles. The van der Waals surface area contributed by atoms with Crippen LogP contribution in [0.15, 0.2) is 29.2 Å². The molecule has 0 saturated carbocycles. The van der Waals surface area contributed by atoms with Gasteiger partial charge in [-0.25, -0.2) is 13.6 Å². The largest absolute Gasteiger partial charge is 0.348 e. The third-order valence-corrected chi connectivity index (χ3v) is 4.31. The van der Waals surface area contributed by atoms with Gasteiger partial charge in [0.25, 0.3) is 0 Å². The highest BCUT2D eigenvalue weighted by molar-refractivity contribution is 7.89. The molecule has 2 rings (SSSR count). The number of carbonyl (C=O) groups excluding carboxylic acids is 2. The zero-order valence-electron chi connectivity index (χ0n) is 11.5. The van der Waals surface area contributed by atoms with Gasteiger partial charge in [-0.3, -0.25) is 9.59 Å². The average molecular weight is 311 g/mol. The van der Waals surface area contributed by atoms with Gasteiger partial charge in [0.15, 0.2) is 0 Å². The van der Waals surface area contributed by atoms with Gasteiger partial charge in [-0.05, 0) is 31.0 Å². The molecule has 0 aromatic heterocycles. The highest BCUT2D eigenvalue weighted by Crippen LogP contribution is 2.16. The van der Waals surface area contributed by atoms with Crippen LogP contribution >= 0.6 is 0 Å². The zero-order chi connectivity index (χ0) is 15.6. The Bertz CT molecular complexity index is 654. The highest BCUT2D eigenvalue weighted by atomic mass is 32.2. The van der Waals surface area contributed by atoms with Crippen molar-refractivity contribution in [3.8, 4) is 0 Å². The third-order valence-electron chi connectivity index (χ3n) is 3.38. The predicted molar refractivity (Wildman–Crippen MR) is 75.5 cm³/mol. The van der Waals surface area contributed by atoms with Crippen LogP contribution in [-0.2, 0) is 19.6 Å². The van der Waals surface area contributed by atoms with Crippen molar-refractivity contribution in [2.24, 2.45) is 5.14 Å². The van der Waals surface area contributed by atoms with Crippen LogP contribution in [0.25, 0.3) is 0 Å². The van der Waals surface area contributed by atoms with Crippen molar-refractivity contribution in [2.75, 3.05) is 0 Å². The third kappa shape index (κ3) is 3.79. The van der Waals surface area contributed by atoms with Gasteiger partial charge in [-0.1, -0.05) is 12.1 Å². The normalized spacial score (nSPS) is 19.9. The summed E-state index contributed by atoms with van der Waals surface area (Å²) in [7, 11) is -3.72. The van der Waals surface area contributed by atoms with Crippen LogP contribution in [-0.4, -0.2) is 26.3 Å². The maximum Gasteiger partial charge on any atom is 0.243 e. The Morgan fingerprint density at radius 3 is 2.48 bits per heavy atom. The van der Waals surface area contributed by atoms with Gasteiger partial charge in [0, 0.05) is 6.42 Å². The number of carbonyl (C=O) groups is 2. The van der Waals surface area contributed by atoms with E-state index in [4.69, 9.17) is 5.14 Å². The number of nitrogens with two attached hydrogens (primary N) is 1. The van der Waals surface area contributed by atoms with Gasteiger partial charge in [-0.2, -0.15) is 0 Å². The summed E-state index contributed by atoms with van der Waals surface area (Å²) < 4.78 is 22.3. The van der Waals surface area contributed by atoms with E-state index >= 15 is 0 Å². The Morgan fingerprint density at radius 1 is 1.38 bits per heavy atom. The summed E-state index contributed by atoms with van der Waals surface area (Å²) in [6, 6.07) is 5.18. The molecule has 8 heteroatoms. The number of primary sulfonamides is 1. The lowest BCUT2D eigenvalue weighted by Crippen LogP contribution is -2.42. The van der Waals surface area contributed by atoms with Crippen LogP contribution in [0, 0.1) is 0 Å². The molecule has 2 atom stereocenters. The summed E-state index contributed by atoms with van der Waals surface area (Å²) in [6.07, 6.45) is 0.845. The zero-order valence-corrected chi connectivity index (χ0v) is 12.3. The molecular formula is C13H17N3O4S. The summed E-state index contributed by atoms with van der Waals surface area (Å²) in [6.45, 7) is 1.78. The lowest BCUT2D eigenvalue weighted by molar-refractivity contribution is -0.126. The maximum atomic E-state index is 12.0.